The Morgan fingerprint density at radius 1 is 1.00 bits per heavy atom. The summed E-state index contributed by atoms with van der Waals surface area (Å²) in [6, 6.07) is 13.6. The van der Waals surface area contributed by atoms with E-state index < -0.39 is 0 Å². The summed E-state index contributed by atoms with van der Waals surface area (Å²) in [5.74, 6) is 0.796. The van der Waals surface area contributed by atoms with E-state index in [-0.39, 0.29) is 11.8 Å². The van der Waals surface area contributed by atoms with Crippen LogP contribution >= 0.6 is 11.6 Å². The van der Waals surface area contributed by atoms with Crippen LogP contribution in [0.1, 0.15) is 11.4 Å². The molecular formula is C18H18ClFN6. The lowest BCUT2D eigenvalue weighted by atomic mass is 10.2. The molecule has 3 aromatic rings. The van der Waals surface area contributed by atoms with E-state index in [1.165, 1.54) is 12.1 Å². The number of halogens is 2. The summed E-state index contributed by atoms with van der Waals surface area (Å²) in [5, 5.41) is 3.73. The minimum Gasteiger partial charge on any atom is -0.368 e. The van der Waals surface area contributed by atoms with E-state index in [1.807, 2.05) is 24.1 Å². The number of nitrogens with zero attached hydrogens (tertiary/aromatic N) is 4. The second-order valence-electron chi connectivity index (χ2n) is 5.86. The van der Waals surface area contributed by atoms with Crippen molar-refractivity contribution in [3.05, 3.63) is 70.8 Å². The van der Waals surface area contributed by atoms with Crippen LogP contribution in [0.5, 0.6) is 0 Å². The molecule has 0 radical (unpaired) electrons. The maximum absolute atomic E-state index is 13.0. The average Bonchev–Trinajstić information content (AvgIpc) is 2.58. The van der Waals surface area contributed by atoms with Gasteiger partial charge in [0.25, 0.3) is 0 Å². The van der Waals surface area contributed by atoms with Crippen molar-refractivity contribution in [3.8, 4) is 0 Å². The van der Waals surface area contributed by atoms with Gasteiger partial charge in [-0.25, -0.2) is 4.39 Å². The van der Waals surface area contributed by atoms with Crippen molar-refractivity contribution in [2.75, 3.05) is 18.1 Å². The topological polar surface area (TPSA) is 80.0 Å². The summed E-state index contributed by atoms with van der Waals surface area (Å²) in [7, 11) is 1.93. The Balaban J connectivity index is 1.68. The predicted octanol–water partition coefficient (Wildman–Crippen LogP) is 3.62. The minimum absolute atomic E-state index is 0.140. The van der Waals surface area contributed by atoms with Gasteiger partial charge < -0.3 is 11.1 Å². The second kappa shape index (κ2) is 8.07. The fourth-order valence-electron chi connectivity index (χ4n) is 2.43. The molecule has 0 amide bonds. The molecule has 0 aliphatic heterocycles. The molecule has 1 heterocycles. The van der Waals surface area contributed by atoms with Crippen molar-refractivity contribution >= 4 is 29.2 Å². The Morgan fingerprint density at radius 3 is 2.38 bits per heavy atom. The number of hydrogen-bond acceptors (Lipinski definition) is 6. The van der Waals surface area contributed by atoms with Gasteiger partial charge in [-0.2, -0.15) is 15.0 Å². The lowest BCUT2D eigenvalue weighted by molar-refractivity contribution is 0.310. The first-order chi connectivity index (χ1) is 12.5. The molecule has 3 N–H and O–H groups in total. The van der Waals surface area contributed by atoms with Crippen LogP contribution in [0.2, 0.25) is 5.02 Å². The van der Waals surface area contributed by atoms with Gasteiger partial charge in [0.1, 0.15) is 11.6 Å². The molecule has 0 spiro atoms. The Kier molecular flexibility index (Phi) is 5.60. The van der Waals surface area contributed by atoms with Crippen LogP contribution in [0, 0.1) is 5.82 Å². The van der Waals surface area contributed by atoms with Gasteiger partial charge in [-0.15, -0.1) is 0 Å². The third kappa shape index (κ3) is 5.11. The van der Waals surface area contributed by atoms with Crippen molar-refractivity contribution in [2.24, 2.45) is 0 Å². The molecule has 3 rings (SSSR count). The molecule has 0 aliphatic carbocycles. The van der Waals surface area contributed by atoms with Gasteiger partial charge in [0, 0.05) is 17.3 Å². The number of nitrogens with two attached hydrogens (primary N) is 1. The number of rotatable bonds is 6. The number of aromatic nitrogens is 3. The van der Waals surface area contributed by atoms with Gasteiger partial charge in [-0.3, -0.25) is 4.90 Å². The molecule has 2 aromatic carbocycles. The molecule has 0 unspecified atom stereocenters. The SMILES string of the molecule is CN(Cc1ccc(F)cc1)Cc1nc(N)nc(Nc2ccc(Cl)cc2)n1. The fourth-order valence-corrected chi connectivity index (χ4v) is 2.55. The summed E-state index contributed by atoms with van der Waals surface area (Å²) < 4.78 is 13.0. The van der Waals surface area contributed by atoms with Crippen molar-refractivity contribution < 1.29 is 4.39 Å². The lowest BCUT2D eigenvalue weighted by Crippen LogP contribution is -2.20. The molecule has 6 nitrogen and oxygen atoms in total. The highest BCUT2D eigenvalue weighted by atomic mass is 35.5. The standard InChI is InChI=1S/C18H18ClFN6/c1-26(10-12-2-6-14(20)7-3-12)11-16-23-17(21)25-18(24-16)22-15-8-4-13(19)5-9-15/h2-9H,10-11H2,1H3,(H3,21,22,23,24,25). The molecule has 0 fully saturated rings. The van der Waals surface area contributed by atoms with Gasteiger partial charge in [-0.1, -0.05) is 23.7 Å². The Bertz CT molecular complexity index is 870. The van der Waals surface area contributed by atoms with Crippen LogP contribution in [0.3, 0.4) is 0 Å². The van der Waals surface area contributed by atoms with E-state index in [9.17, 15) is 4.39 Å². The zero-order valence-corrected chi connectivity index (χ0v) is 14.9. The highest BCUT2D eigenvalue weighted by Gasteiger charge is 2.09. The molecular weight excluding hydrogens is 355 g/mol. The zero-order valence-electron chi connectivity index (χ0n) is 14.2. The largest absolute Gasteiger partial charge is 0.368 e. The quantitative estimate of drug-likeness (QED) is 0.688. The number of nitrogens with one attached hydrogen (secondary N) is 1. The van der Waals surface area contributed by atoms with E-state index in [0.29, 0.717) is 29.9 Å². The van der Waals surface area contributed by atoms with Gasteiger partial charge in [0.05, 0.1) is 6.54 Å². The smallest absolute Gasteiger partial charge is 0.232 e. The van der Waals surface area contributed by atoms with Crippen molar-refractivity contribution in [3.63, 3.8) is 0 Å². The third-order valence-corrected chi connectivity index (χ3v) is 3.83. The average molecular weight is 373 g/mol. The lowest BCUT2D eigenvalue weighted by Gasteiger charge is -2.16. The van der Waals surface area contributed by atoms with Crippen LogP contribution < -0.4 is 11.1 Å². The first-order valence-electron chi connectivity index (χ1n) is 7.94. The molecule has 0 saturated heterocycles. The summed E-state index contributed by atoms with van der Waals surface area (Å²) >= 11 is 5.88. The number of benzene rings is 2. The summed E-state index contributed by atoms with van der Waals surface area (Å²) in [4.78, 5) is 14.7. The van der Waals surface area contributed by atoms with Gasteiger partial charge in [0.15, 0.2) is 0 Å². The molecule has 0 atom stereocenters. The monoisotopic (exact) mass is 372 g/mol. The number of anilines is 3. The fraction of sp³-hybridized carbons (Fsp3) is 0.167. The zero-order chi connectivity index (χ0) is 18.5. The summed E-state index contributed by atoms with van der Waals surface area (Å²) in [6.07, 6.45) is 0. The van der Waals surface area contributed by atoms with Crippen LogP contribution in [0.15, 0.2) is 48.5 Å². The first kappa shape index (κ1) is 18.0. The molecule has 26 heavy (non-hydrogen) atoms. The molecule has 0 saturated carbocycles. The first-order valence-corrected chi connectivity index (χ1v) is 8.32. The van der Waals surface area contributed by atoms with E-state index in [4.69, 9.17) is 17.3 Å². The van der Waals surface area contributed by atoms with E-state index >= 15 is 0 Å². The van der Waals surface area contributed by atoms with E-state index in [0.717, 1.165) is 11.3 Å². The maximum atomic E-state index is 13.0. The highest BCUT2D eigenvalue weighted by Crippen LogP contribution is 2.17. The maximum Gasteiger partial charge on any atom is 0.232 e. The Morgan fingerprint density at radius 2 is 1.69 bits per heavy atom. The molecule has 134 valence electrons. The Hall–Kier alpha value is -2.77. The normalized spacial score (nSPS) is 10.9. The predicted molar refractivity (Wildman–Crippen MR) is 101 cm³/mol. The van der Waals surface area contributed by atoms with E-state index in [2.05, 4.69) is 20.3 Å². The minimum atomic E-state index is -0.250. The van der Waals surface area contributed by atoms with Crippen molar-refractivity contribution in [1.82, 2.24) is 19.9 Å². The van der Waals surface area contributed by atoms with Crippen molar-refractivity contribution in [2.45, 2.75) is 13.1 Å². The van der Waals surface area contributed by atoms with Crippen LogP contribution in [-0.2, 0) is 13.1 Å². The van der Waals surface area contributed by atoms with Gasteiger partial charge in [-0.05, 0) is 49.0 Å². The highest BCUT2D eigenvalue weighted by molar-refractivity contribution is 6.30. The van der Waals surface area contributed by atoms with Gasteiger partial charge in [0.2, 0.25) is 11.9 Å². The van der Waals surface area contributed by atoms with Crippen LogP contribution in [-0.4, -0.2) is 26.9 Å². The van der Waals surface area contributed by atoms with Crippen LogP contribution in [0.4, 0.5) is 22.0 Å². The number of nitrogen functional groups attached to an aromatic ring is 1. The third-order valence-electron chi connectivity index (χ3n) is 3.58. The van der Waals surface area contributed by atoms with Crippen LogP contribution in [0.25, 0.3) is 0 Å². The molecule has 0 aliphatic rings. The molecule has 0 bridgehead atoms. The molecule has 1 aromatic heterocycles. The van der Waals surface area contributed by atoms with Gasteiger partial charge >= 0.3 is 0 Å². The Labute approximate surface area is 155 Å². The van der Waals surface area contributed by atoms with Crippen molar-refractivity contribution in [1.29, 1.82) is 0 Å². The summed E-state index contributed by atoms with van der Waals surface area (Å²) in [6.45, 7) is 1.10. The van der Waals surface area contributed by atoms with E-state index in [1.54, 1.807) is 24.3 Å². The summed E-state index contributed by atoms with van der Waals surface area (Å²) in [5.41, 5.74) is 7.59. The second-order valence-corrected chi connectivity index (χ2v) is 6.30. The number of hydrogen-bond donors (Lipinski definition) is 2. The molecule has 8 heteroatoms.